The molecular formula is C20H34N2. The first-order chi connectivity index (χ1) is 10.8. The quantitative estimate of drug-likeness (QED) is 0.518. The number of hydrogen-bond acceptors (Lipinski definition) is 2. The van der Waals surface area contributed by atoms with Gasteiger partial charge in [-0.1, -0.05) is 52.4 Å². The lowest BCUT2D eigenvalue weighted by molar-refractivity contribution is 0.307. The molecule has 0 radical (unpaired) electrons. The third kappa shape index (κ3) is 5.70. The van der Waals surface area contributed by atoms with E-state index in [2.05, 4.69) is 36.2 Å². The summed E-state index contributed by atoms with van der Waals surface area (Å²) in [5, 5.41) is 0. The fourth-order valence-corrected chi connectivity index (χ4v) is 3.78. The molecule has 0 saturated heterocycles. The second kappa shape index (κ2) is 9.97. The van der Waals surface area contributed by atoms with Gasteiger partial charge in [0.25, 0.3) is 0 Å². The fraction of sp³-hybridized carbons (Fsp3) is 0.800. The minimum Gasteiger partial charge on any atom is -0.241 e. The lowest BCUT2D eigenvalue weighted by Gasteiger charge is -2.28. The maximum absolute atomic E-state index is 4.62. The predicted octanol–water partition coefficient (Wildman–Crippen LogP) is 6.06. The Morgan fingerprint density at radius 1 is 0.864 bits per heavy atom. The molecule has 0 spiro atoms. The number of aryl methyl sites for hydroxylation is 1. The molecule has 0 aromatic carbocycles. The second-order valence-electron chi connectivity index (χ2n) is 7.10. The van der Waals surface area contributed by atoms with Gasteiger partial charge in [0.1, 0.15) is 5.82 Å². The molecule has 0 atom stereocenters. The second-order valence-corrected chi connectivity index (χ2v) is 7.10. The molecule has 1 aliphatic carbocycles. The lowest BCUT2D eigenvalue weighted by atomic mass is 9.78. The summed E-state index contributed by atoms with van der Waals surface area (Å²) in [7, 11) is 0. The van der Waals surface area contributed by atoms with Crippen LogP contribution in [0.5, 0.6) is 0 Å². The normalized spacial score (nSPS) is 21.9. The van der Waals surface area contributed by atoms with Crippen molar-refractivity contribution in [3.63, 3.8) is 0 Å². The van der Waals surface area contributed by atoms with Gasteiger partial charge in [-0.3, -0.25) is 0 Å². The first-order valence-corrected chi connectivity index (χ1v) is 9.64. The van der Waals surface area contributed by atoms with Gasteiger partial charge in [0.05, 0.1) is 0 Å². The van der Waals surface area contributed by atoms with Gasteiger partial charge < -0.3 is 0 Å². The van der Waals surface area contributed by atoms with Crippen LogP contribution in [-0.2, 0) is 6.42 Å². The van der Waals surface area contributed by atoms with Gasteiger partial charge in [-0.25, -0.2) is 9.97 Å². The van der Waals surface area contributed by atoms with Crippen LogP contribution in [0.15, 0.2) is 12.4 Å². The number of rotatable bonds is 9. The van der Waals surface area contributed by atoms with Crippen LogP contribution in [-0.4, -0.2) is 9.97 Å². The molecule has 1 aliphatic rings. The Kier molecular flexibility index (Phi) is 7.90. The predicted molar refractivity (Wildman–Crippen MR) is 94.1 cm³/mol. The van der Waals surface area contributed by atoms with E-state index in [4.69, 9.17) is 0 Å². The van der Waals surface area contributed by atoms with Crippen LogP contribution < -0.4 is 0 Å². The SMILES string of the molecule is CCCCCCCc1ncc([C@H]2CC[C@H](CCC)CC2)cn1. The minimum atomic E-state index is 0.715. The van der Waals surface area contributed by atoms with Crippen molar-refractivity contribution >= 4 is 0 Å². The molecular weight excluding hydrogens is 268 g/mol. The van der Waals surface area contributed by atoms with Crippen LogP contribution in [0.25, 0.3) is 0 Å². The van der Waals surface area contributed by atoms with E-state index >= 15 is 0 Å². The van der Waals surface area contributed by atoms with E-state index < -0.39 is 0 Å². The monoisotopic (exact) mass is 302 g/mol. The van der Waals surface area contributed by atoms with Gasteiger partial charge >= 0.3 is 0 Å². The van der Waals surface area contributed by atoms with Gasteiger partial charge in [-0.15, -0.1) is 0 Å². The molecule has 1 aromatic rings. The summed E-state index contributed by atoms with van der Waals surface area (Å²) in [4.78, 5) is 9.23. The smallest absolute Gasteiger partial charge is 0.128 e. The van der Waals surface area contributed by atoms with Crippen molar-refractivity contribution in [3.05, 3.63) is 23.8 Å². The zero-order valence-corrected chi connectivity index (χ0v) is 14.7. The molecule has 0 amide bonds. The third-order valence-corrected chi connectivity index (χ3v) is 5.24. The average molecular weight is 303 g/mol. The molecule has 124 valence electrons. The first kappa shape index (κ1) is 17.4. The molecule has 22 heavy (non-hydrogen) atoms. The van der Waals surface area contributed by atoms with E-state index in [0.29, 0.717) is 5.92 Å². The van der Waals surface area contributed by atoms with E-state index in [1.165, 1.54) is 76.2 Å². The van der Waals surface area contributed by atoms with Crippen molar-refractivity contribution in [1.29, 1.82) is 0 Å². The Bertz CT molecular complexity index is 391. The Hall–Kier alpha value is -0.920. The van der Waals surface area contributed by atoms with Crippen LogP contribution in [0.2, 0.25) is 0 Å². The molecule has 2 nitrogen and oxygen atoms in total. The highest BCUT2D eigenvalue weighted by Crippen LogP contribution is 2.36. The van der Waals surface area contributed by atoms with Gasteiger partial charge in [0.2, 0.25) is 0 Å². The topological polar surface area (TPSA) is 25.8 Å². The van der Waals surface area contributed by atoms with E-state index in [0.717, 1.165) is 18.2 Å². The minimum absolute atomic E-state index is 0.715. The standard InChI is InChI=1S/C20H34N2/c1-3-5-6-7-8-10-20-21-15-19(16-22-20)18-13-11-17(9-4-2)12-14-18/h15-18H,3-14H2,1-2H3/t17-,18-. The van der Waals surface area contributed by atoms with Crippen LogP contribution in [0.3, 0.4) is 0 Å². The van der Waals surface area contributed by atoms with Crippen molar-refractivity contribution in [2.24, 2.45) is 5.92 Å². The summed E-state index contributed by atoms with van der Waals surface area (Å²) in [6, 6.07) is 0. The zero-order chi connectivity index (χ0) is 15.6. The van der Waals surface area contributed by atoms with Gasteiger partial charge in [-0.2, -0.15) is 0 Å². The summed E-state index contributed by atoms with van der Waals surface area (Å²) < 4.78 is 0. The molecule has 1 heterocycles. The summed E-state index contributed by atoms with van der Waals surface area (Å²) in [5.74, 6) is 2.73. The Labute approximate surface area is 137 Å². The van der Waals surface area contributed by atoms with Crippen LogP contribution in [0.4, 0.5) is 0 Å². The average Bonchev–Trinajstić information content (AvgIpc) is 2.56. The zero-order valence-electron chi connectivity index (χ0n) is 14.7. The van der Waals surface area contributed by atoms with Gasteiger partial charge in [-0.05, 0) is 49.5 Å². The summed E-state index contributed by atoms with van der Waals surface area (Å²) in [6.45, 7) is 4.57. The van der Waals surface area contributed by atoms with E-state index in [9.17, 15) is 0 Å². The number of hydrogen-bond donors (Lipinski definition) is 0. The highest BCUT2D eigenvalue weighted by atomic mass is 14.9. The molecule has 2 heteroatoms. The van der Waals surface area contributed by atoms with Gasteiger partial charge in [0, 0.05) is 18.8 Å². The molecule has 1 fully saturated rings. The van der Waals surface area contributed by atoms with Crippen molar-refractivity contribution in [3.8, 4) is 0 Å². The Morgan fingerprint density at radius 2 is 1.55 bits per heavy atom. The van der Waals surface area contributed by atoms with Crippen LogP contribution in [0.1, 0.15) is 102 Å². The molecule has 1 aromatic heterocycles. The lowest BCUT2D eigenvalue weighted by Crippen LogP contribution is -2.13. The highest BCUT2D eigenvalue weighted by molar-refractivity contribution is 5.12. The van der Waals surface area contributed by atoms with Crippen molar-refractivity contribution in [2.45, 2.75) is 96.8 Å². The molecule has 1 saturated carbocycles. The van der Waals surface area contributed by atoms with Crippen LogP contribution in [0, 0.1) is 5.92 Å². The first-order valence-electron chi connectivity index (χ1n) is 9.64. The van der Waals surface area contributed by atoms with Crippen molar-refractivity contribution < 1.29 is 0 Å². The Morgan fingerprint density at radius 3 is 2.18 bits per heavy atom. The Balaban J connectivity index is 1.72. The molecule has 0 aliphatic heterocycles. The van der Waals surface area contributed by atoms with E-state index in [-0.39, 0.29) is 0 Å². The van der Waals surface area contributed by atoms with E-state index in [1.54, 1.807) is 0 Å². The fourth-order valence-electron chi connectivity index (χ4n) is 3.78. The van der Waals surface area contributed by atoms with Crippen molar-refractivity contribution in [1.82, 2.24) is 9.97 Å². The molecule has 0 bridgehead atoms. The maximum Gasteiger partial charge on any atom is 0.128 e. The summed E-state index contributed by atoms with van der Waals surface area (Å²) >= 11 is 0. The molecule has 2 rings (SSSR count). The summed E-state index contributed by atoms with van der Waals surface area (Å²) in [5.41, 5.74) is 1.38. The summed E-state index contributed by atoms with van der Waals surface area (Å²) in [6.07, 6.45) is 20.1. The molecule has 0 N–H and O–H groups in total. The van der Waals surface area contributed by atoms with E-state index in [1.807, 2.05) is 0 Å². The number of aromatic nitrogens is 2. The largest absolute Gasteiger partial charge is 0.241 e. The molecule has 0 unspecified atom stereocenters. The van der Waals surface area contributed by atoms with Crippen LogP contribution >= 0.6 is 0 Å². The van der Waals surface area contributed by atoms with Gasteiger partial charge in [0.15, 0.2) is 0 Å². The number of nitrogens with zero attached hydrogens (tertiary/aromatic N) is 2. The highest BCUT2D eigenvalue weighted by Gasteiger charge is 2.22. The maximum atomic E-state index is 4.62. The van der Waals surface area contributed by atoms with Crippen molar-refractivity contribution in [2.75, 3.05) is 0 Å². The number of unbranched alkanes of at least 4 members (excludes halogenated alkanes) is 4. The third-order valence-electron chi connectivity index (χ3n) is 5.24.